The van der Waals surface area contributed by atoms with Crippen LogP contribution in [0.1, 0.15) is 19.0 Å². The Morgan fingerprint density at radius 3 is 3.07 bits per heavy atom. The monoisotopic (exact) mass is 288 g/mol. The molecule has 15 heavy (non-hydrogen) atoms. The molecule has 0 amide bonds. The van der Waals surface area contributed by atoms with Gasteiger partial charge in [-0.15, -0.1) is 0 Å². The molecular weight excluding hydrogens is 276 g/mol. The summed E-state index contributed by atoms with van der Waals surface area (Å²) in [6, 6.07) is 1.55. The summed E-state index contributed by atoms with van der Waals surface area (Å²) in [5.41, 5.74) is 0.764. The second kappa shape index (κ2) is 6.12. The normalized spacial score (nSPS) is 10.3. The Morgan fingerprint density at radius 1 is 1.73 bits per heavy atom. The van der Waals surface area contributed by atoms with E-state index in [2.05, 4.69) is 39.4 Å². The second-order valence-corrected chi connectivity index (χ2v) is 5.18. The van der Waals surface area contributed by atoms with Gasteiger partial charge in [0.1, 0.15) is 0 Å². The van der Waals surface area contributed by atoms with E-state index < -0.39 is 0 Å². The minimum Gasteiger partial charge on any atom is -0.301 e. The second-order valence-electron chi connectivity index (χ2n) is 3.10. The smallest absolute Gasteiger partial charge is 0.251 e. The summed E-state index contributed by atoms with van der Waals surface area (Å²) in [4.78, 5) is 18.3. The Bertz CT molecular complexity index is 403. The molecule has 1 N–H and O–H groups in total. The fourth-order valence-corrected chi connectivity index (χ4v) is 2.07. The van der Waals surface area contributed by atoms with Crippen molar-refractivity contribution in [2.24, 2.45) is 0 Å². The predicted molar refractivity (Wildman–Crippen MR) is 67.6 cm³/mol. The van der Waals surface area contributed by atoms with Crippen LogP contribution in [-0.2, 0) is 6.42 Å². The number of H-pyrrole nitrogens is 1. The molecule has 1 aromatic rings. The molecule has 1 heterocycles. The number of thioether (sulfide) groups is 1. The molecule has 5 heteroatoms. The molecular formula is C10H13BrN2OS. The fourth-order valence-electron chi connectivity index (χ4n) is 1.08. The summed E-state index contributed by atoms with van der Waals surface area (Å²) in [7, 11) is 0. The highest BCUT2D eigenvalue weighted by Gasteiger charge is 2.01. The zero-order chi connectivity index (χ0) is 11.3. The van der Waals surface area contributed by atoms with E-state index in [1.54, 1.807) is 6.07 Å². The molecule has 82 valence electrons. The maximum absolute atomic E-state index is 11.3. The lowest BCUT2D eigenvalue weighted by molar-refractivity contribution is 0.816. The summed E-state index contributed by atoms with van der Waals surface area (Å²) in [6.07, 6.45) is 1.83. The topological polar surface area (TPSA) is 45.8 Å². The minimum absolute atomic E-state index is 0.0869. The molecule has 0 fully saturated rings. The average molecular weight is 289 g/mol. The molecule has 0 aromatic carbocycles. The summed E-state index contributed by atoms with van der Waals surface area (Å²) in [6.45, 7) is 5.79. The molecule has 0 spiro atoms. The zero-order valence-corrected chi connectivity index (χ0v) is 10.9. The van der Waals surface area contributed by atoms with Crippen LogP contribution in [0.3, 0.4) is 0 Å². The number of aromatic nitrogens is 2. The standard InChI is InChI=1S/C10H13BrN2OS/c1-3-4-8-5-9(14)13-10(12-8)15-6-7(2)11/h5H,2-4,6H2,1H3,(H,12,13,14). The third kappa shape index (κ3) is 4.66. The van der Waals surface area contributed by atoms with E-state index in [9.17, 15) is 4.79 Å². The van der Waals surface area contributed by atoms with Crippen molar-refractivity contribution >= 4 is 27.7 Å². The third-order valence-corrected chi connectivity index (χ3v) is 3.26. The largest absolute Gasteiger partial charge is 0.301 e. The van der Waals surface area contributed by atoms with E-state index >= 15 is 0 Å². The van der Waals surface area contributed by atoms with Crippen LogP contribution in [0.25, 0.3) is 0 Å². The van der Waals surface area contributed by atoms with Gasteiger partial charge in [-0.1, -0.05) is 47.6 Å². The number of nitrogens with zero attached hydrogens (tertiary/aromatic N) is 1. The van der Waals surface area contributed by atoms with Gasteiger partial charge in [0.25, 0.3) is 5.56 Å². The van der Waals surface area contributed by atoms with Gasteiger partial charge in [-0.3, -0.25) is 4.79 Å². The first-order valence-electron chi connectivity index (χ1n) is 4.68. The van der Waals surface area contributed by atoms with Crippen molar-refractivity contribution in [3.05, 3.63) is 33.2 Å². The van der Waals surface area contributed by atoms with E-state index in [0.717, 1.165) is 23.0 Å². The van der Waals surface area contributed by atoms with Gasteiger partial charge in [0.2, 0.25) is 0 Å². The van der Waals surface area contributed by atoms with Gasteiger partial charge in [-0.05, 0) is 10.9 Å². The van der Waals surface area contributed by atoms with Crippen molar-refractivity contribution in [2.45, 2.75) is 24.9 Å². The first-order chi connectivity index (χ1) is 7.11. The van der Waals surface area contributed by atoms with E-state index in [4.69, 9.17) is 0 Å². The Kier molecular flexibility index (Phi) is 5.11. The Morgan fingerprint density at radius 2 is 2.47 bits per heavy atom. The van der Waals surface area contributed by atoms with Crippen molar-refractivity contribution in [3.8, 4) is 0 Å². The lowest BCUT2D eigenvalue weighted by atomic mass is 10.2. The van der Waals surface area contributed by atoms with Crippen molar-refractivity contribution in [2.75, 3.05) is 5.75 Å². The minimum atomic E-state index is -0.0869. The van der Waals surface area contributed by atoms with Crippen LogP contribution in [0.2, 0.25) is 0 Å². The van der Waals surface area contributed by atoms with Gasteiger partial charge >= 0.3 is 0 Å². The molecule has 1 aromatic heterocycles. The number of aryl methyl sites for hydroxylation is 1. The van der Waals surface area contributed by atoms with E-state index in [0.29, 0.717) is 10.9 Å². The van der Waals surface area contributed by atoms with Crippen molar-refractivity contribution in [3.63, 3.8) is 0 Å². The Labute approximate surface area is 102 Å². The van der Waals surface area contributed by atoms with Crippen molar-refractivity contribution < 1.29 is 0 Å². The number of hydrogen-bond donors (Lipinski definition) is 1. The molecule has 0 aliphatic heterocycles. The molecule has 0 bridgehead atoms. The highest BCUT2D eigenvalue weighted by molar-refractivity contribution is 9.11. The van der Waals surface area contributed by atoms with Crippen LogP contribution in [0.4, 0.5) is 0 Å². The molecule has 0 saturated heterocycles. The molecule has 1 rings (SSSR count). The van der Waals surface area contributed by atoms with E-state index in [-0.39, 0.29) is 5.56 Å². The quantitative estimate of drug-likeness (QED) is 0.669. The number of rotatable bonds is 5. The van der Waals surface area contributed by atoms with Crippen molar-refractivity contribution in [1.82, 2.24) is 9.97 Å². The van der Waals surface area contributed by atoms with Crippen molar-refractivity contribution in [1.29, 1.82) is 0 Å². The van der Waals surface area contributed by atoms with Crippen LogP contribution >= 0.6 is 27.7 Å². The van der Waals surface area contributed by atoms with Crippen LogP contribution in [0.15, 0.2) is 27.1 Å². The predicted octanol–water partition coefficient (Wildman–Crippen LogP) is 2.72. The Balaban J connectivity index is 2.79. The molecule has 0 atom stereocenters. The Hall–Kier alpha value is -0.550. The van der Waals surface area contributed by atoms with E-state index in [1.807, 2.05) is 0 Å². The highest BCUT2D eigenvalue weighted by Crippen LogP contribution is 2.17. The van der Waals surface area contributed by atoms with Gasteiger partial charge in [0.05, 0.1) is 0 Å². The van der Waals surface area contributed by atoms with Crippen LogP contribution in [-0.4, -0.2) is 15.7 Å². The summed E-state index contributed by atoms with van der Waals surface area (Å²) in [5.74, 6) is 0.707. The maximum Gasteiger partial charge on any atom is 0.251 e. The molecule has 0 aliphatic rings. The van der Waals surface area contributed by atoms with Gasteiger partial charge in [0, 0.05) is 17.5 Å². The van der Waals surface area contributed by atoms with E-state index in [1.165, 1.54) is 11.8 Å². The third-order valence-electron chi connectivity index (χ3n) is 1.64. The lowest BCUT2D eigenvalue weighted by Gasteiger charge is -2.02. The van der Waals surface area contributed by atoms with Gasteiger partial charge in [0.15, 0.2) is 5.16 Å². The van der Waals surface area contributed by atoms with Crippen LogP contribution < -0.4 is 5.56 Å². The molecule has 0 unspecified atom stereocenters. The molecule has 0 saturated carbocycles. The summed E-state index contributed by atoms with van der Waals surface area (Å²) in [5, 5.41) is 0.659. The highest BCUT2D eigenvalue weighted by atomic mass is 79.9. The molecule has 0 aliphatic carbocycles. The summed E-state index contributed by atoms with van der Waals surface area (Å²) < 4.78 is 0.885. The number of nitrogens with one attached hydrogen (secondary N) is 1. The first kappa shape index (κ1) is 12.5. The fraction of sp³-hybridized carbons (Fsp3) is 0.400. The number of halogens is 1. The first-order valence-corrected chi connectivity index (χ1v) is 6.46. The SMILES string of the molecule is C=C(Br)CSc1nc(CCC)cc(=O)[nH]1. The van der Waals surface area contributed by atoms with Crippen LogP contribution in [0, 0.1) is 0 Å². The van der Waals surface area contributed by atoms with Gasteiger partial charge in [-0.25, -0.2) is 4.98 Å². The molecule has 3 nitrogen and oxygen atoms in total. The van der Waals surface area contributed by atoms with Crippen LogP contribution in [0.5, 0.6) is 0 Å². The zero-order valence-electron chi connectivity index (χ0n) is 8.55. The molecule has 0 radical (unpaired) electrons. The lowest BCUT2D eigenvalue weighted by Crippen LogP contribution is -2.10. The van der Waals surface area contributed by atoms with Gasteiger partial charge in [-0.2, -0.15) is 0 Å². The summed E-state index contributed by atoms with van der Waals surface area (Å²) >= 11 is 4.73. The van der Waals surface area contributed by atoms with Gasteiger partial charge < -0.3 is 4.98 Å². The maximum atomic E-state index is 11.3. The number of hydrogen-bond acceptors (Lipinski definition) is 3. The number of aromatic amines is 1. The average Bonchev–Trinajstić information content (AvgIpc) is 2.14.